The fourth-order valence-corrected chi connectivity index (χ4v) is 3.18. The van der Waals surface area contributed by atoms with Gasteiger partial charge in [0.15, 0.2) is 17.6 Å². The Hall–Kier alpha value is -2.48. The highest BCUT2D eigenvalue weighted by atomic mass is 32.2. The minimum Gasteiger partial charge on any atom is -0.493 e. The van der Waals surface area contributed by atoms with Gasteiger partial charge in [-0.1, -0.05) is 12.1 Å². The minimum absolute atomic E-state index is 0.205. The summed E-state index contributed by atoms with van der Waals surface area (Å²) < 4.78 is 10.7. The van der Waals surface area contributed by atoms with Crippen LogP contribution in [-0.2, 0) is 9.59 Å². The first-order valence-electron chi connectivity index (χ1n) is 7.59. The Morgan fingerprint density at radius 2 is 1.96 bits per heavy atom. The summed E-state index contributed by atoms with van der Waals surface area (Å²) in [6.45, 7) is 4.91. The Morgan fingerprint density at radius 1 is 1.28 bits per heavy atom. The molecule has 0 bridgehead atoms. The van der Waals surface area contributed by atoms with Crippen LogP contribution in [0.2, 0.25) is 0 Å². The summed E-state index contributed by atoms with van der Waals surface area (Å²) in [5.41, 5.74) is 0.460. The van der Waals surface area contributed by atoms with Crippen molar-refractivity contribution in [1.29, 1.82) is 0 Å². The third-order valence-electron chi connectivity index (χ3n) is 3.50. The van der Waals surface area contributed by atoms with E-state index in [2.05, 4.69) is 0 Å². The Bertz CT molecular complexity index is 743. The van der Waals surface area contributed by atoms with Crippen LogP contribution in [0.3, 0.4) is 0 Å². The first kappa shape index (κ1) is 18.9. The van der Waals surface area contributed by atoms with E-state index in [1.165, 1.54) is 25.0 Å². The van der Waals surface area contributed by atoms with E-state index in [4.69, 9.17) is 14.6 Å². The van der Waals surface area contributed by atoms with E-state index in [9.17, 15) is 14.4 Å². The summed E-state index contributed by atoms with van der Waals surface area (Å²) >= 11 is 0.838. The van der Waals surface area contributed by atoms with Gasteiger partial charge in [-0.3, -0.25) is 14.5 Å². The van der Waals surface area contributed by atoms with Crippen molar-refractivity contribution in [2.45, 2.75) is 32.9 Å². The van der Waals surface area contributed by atoms with Gasteiger partial charge in [0.1, 0.15) is 0 Å². The van der Waals surface area contributed by atoms with E-state index < -0.39 is 12.1 Å². The van der Waals surface area contributed by atoms with Gasteiger partial charge in [0.25, 0.3) is 11.1 Å². The number of ether oxygens (including phenoxy) is 2. The lowest BCUT2D eigenvalue weighted by atomic mass is 10.1. The topological polar surface area (TPSA) is 93.1 Å². The Morgan fingerprint density at radius 3 is 2.48 bits per heavy atom. The molecule has 0 aromatic heterocycles. The molecule has 25 heavy (non-hydrogen) atoms. The Kier molecular flexibility index (Phi) is 5.73. The SMILES string of the molecule is COc1cccc(/C=C2\SC(=O)N(C(C)C)C2=O)c1O[C@H](C)C(=O)O. The number of hydrogen-bond acceptors (Lipinski definition) is 6. The first-order valence-corrected chi connectivity index (χ1v) is 8.41. The second-order valence-corrected chi connectivity index (χ2v) is 6.62. The van der Waals surface area contributed by atoms with Crippen LogP contribution in [0.25, 0.3) is 6.08 Å². The molecule has 8 heteroatoms. The summed E-state index contributed by atoms with van der Waals surface area (Å²) in [4.78, 5) is 36.9. The van der Waals surface area contributed by atoms with E-state index >= 15 is 0 Å². The molecule has 2 rings (SSSR count). The first-order chi connectivity index (χ1) is 11.8. The number of amides is 2. The molecule has 0 unspecified atom stereocenters. The van der Waals surface area contributed by atoms with E-state index in [0.717, 1.165) is 11.8 Å². The van der Waals surface area contributed by atoms with Gasteiger partial charge in [0, 0.05) is 11.6 Å². The molecule has 134 valence electrons. The number of aliphatic carboxylic acids is 1. The van der Waals surface area contributed by atoms with Crippen LogP contribution in [0.1, 0.15) is 26.3 Å². The molecule has 0 radical (unpaired) electrons. The third kappa shape index (κ3) is 3.96. The highest BCUT2D eigenvalue weighted by Crippen LogP contribution is 2.38. The van der Waals surface area contributed by atoms with Crippen molar-refractivity contribution in [1.82, 2.24) is 4.90 Å². The van der Waals surface area contributed by atoms with Crippen LogP contribution in [0.5, 0.6) is 11.5 Å². The maximum atomic E-state index is 12.4. The van der Waals surface area contributed by atoms with E-state index in [1.807, 2.05) is 0 Å². The van der Waals surface area contributed by atoms with Crippen LogP contribution in [-0.4, -0.2) is 46.4 Å². The summed E-state index contributed by atoms with van der Waals surface area (Å²) in [6, 6.07) is 4.73. The molecule has 1 atom stereocenters. The fourth-order valence-electron chi connectivity index (χ4n) is 2.23. The molecule has 0 saturated carbocycles. The largest absolute Gasteiger partial charge is 0.493 e. The van der Waals surface area contributed by atoms with Crippen molar-refractivity contribution in [3.8, 4) is 11.5 Å². The predicted molar refractivity (Wildman–Crippen MR) is 93.7 cm³/mol. The lowest BCUT2D eigenvalue weighted by molar-refractivity contribution is -0.144. The van der Waals surface area contributed by atoms with Gasteiger partial charge in [-0.05, 0) is 44.7 Å². The highest BCUT2D eigenvalue weighted by molar-refractivity contribution is 8.18. The summed E-state index contributed by atoms with van der Waals surface area (Å²) in [5, 5.41) is 8.73. The average Bonchev–Trinajstić information content (AvgIpc) is 2.82. The van der Waals surface area contributed by atoms with Gasteiger partial charge in [-0.15, -0.1) is 0 Å². The number of methoxy groups -OCH3 is 1. The zero-order chi connectivity index (χ0) is 18.7. The number of thioether (sulfide) groups is 1. The van der Waals surface area contributed by atoms with Crippen LogP contribution < -0.4 is 9.47 Å². The van der Waals surface area contributed by atoms with Crippen molar-refractivity contribution in [2.75, 3.05) is 7.11 Å². The second-order valence-electron chi connectivity index (χ2n) is 5.62. The molecule has 1 fully saturated rings. The van der Waals surface area contributed by atoms with Crippen molar-refractivity contribution >= 4 is 35.0 Å². The molecule has 0 aliphatic carbocycles. The maximum Gasteiger partial charge on any atom is 0.344 e. The number of carbonyl (C=O) groups is 3. The molecular formula is C17H19NO6S. The number of para-hydroxylation sites is 1. The summed E-state index contributed by atoms with van der Waals surface area (Å²) in [6.07, 6.45) is 0.411. The van der Waals surface area contributed by atoms with Crippen molar-refractivity contribution in [2.24, 2.45) is 0 Å². The average molecular weight is 365 g/mol. The van der Waals surface area contributed by atoms with Crippen LogP contribution in [0.4, 0.5) is 4.79 Å². The molecule has 2 amide bonds. The lowest BCUT2D eigenvalue weighted by Gasteiger charge is -2.17. The van der Waals surface area contributed by atoms with E-state index in [1.54, 1.807) is 32.0 Å². The number of hydrogen-bond donors (Lipinski definition) is 1. The molecule has 1 aliphatic heterocycles. The monoisotopic (exact) mass is 365 g/mol. The van der Waals surface area contributed by atoms with Gasteiger partial charge in [-0.2, -0.15) is 0 Å². The zero-order valence-corrected chi connectivity index (χ0v) is 15.1. The number of carboxylic acids is 1. The number of carboxylic acid groups (broad SMARTS) is 1. The number of nitrogens with zero attached hydrogens (tertiary/aromatic N) is 1. The van der Waals surface area contributed by atoms with Crippen molar-refractivity contribution in [3.05, 3.63) is 28.7 Å². The van der Waals surface area contributed by atoms with Gasteiger partial charge >= 0.3 is 5.97 Å². The molecule has 1 aliphatic rings. The molecule has 0 spiro atoms. The minimum atomic E-state index is -1.13. The van der Waals surface area contributed by atoms with Gasteiger partial charge < -0.3 is 14.6 Å². The molecule has 1 aromatic rings. The van der Waals surface area contributed by atoms with Crippen LogP contribution in [0.15, 0.2) is 23.1 Å². The summed E-state index contributed by atoms with van der Waals surface area (Å²) in [7, 11) is 1.43. The third-order valence-corrected chi connectivity index (χ3v) is 4.38. The van der Waals surface area contributed by atoms with Crippen LogP contribution >= 0.6 is 11.8 Å². The second kappa shape index (κ2) is 7.60. The van der Waals surface area contributed by atoms with E-state index in [0.29, 0.717) is 11.3 Å². The fraction of sp³-hybridized carbons (Fsp3) is 0.353. The Balaban J connectivity index is 2.44. The van der Waals surface area contributed by atoms with Gasteiger partial charge in [0.05, 0.1) is 12.0 Å². The van der Waals surface area contributed by atoms with E-state index in [-0.39, 0.29) is 27.8 Å². The molecule has 1 aromatic carbocycles. The molecule has 7 nitrogen and oxygen atoms in total. The normalized spacial score (nSPS) is 17.3. The van der Waals surface area contributed by atoms with Crippen molar-refractivity contribution in [3.63, 3.8) is 0 Å². The summed E-state index contributed by atoms with van der Waals surface area (Å²) in [5.74, 6) is -0.969. The van der Waals surface area contributed by atoms with Crippen LogP contribution in [0, 0.1) is 0 Å². The van der Waals surface area contributed by atoms with Crippen molar-refractivity contribution < 1.29 is 29.0 Å². The number of carbonyl (C=O) groups excluding carboxylic acids is 2. The smallest absolute Gasteiger partial charge is 0.344 e. The number of imide groups is 1. The molecule has 1 N–H and O–H groups in total. The lowest BCUT2D eigenvalue weighted by Crippen LogP contribution is -2.34. The molecule has 1 heterocycles. The molecular weight excluding hydrogens is 346 g/mol. The Labute approximate surface area is 149 Å². The molecule has 1 saturated heterocycles. The standard InChI is InChI=1S/C17H19NO6S/c1-9(2)18-15(19)13(25-17(18)22)8-11-6-5-7-12(23-4)14(11)24-10(3)16(20)21/h5-10H,1-4H3,(H,20,21)/b13-8-/t10-/m1/s1. The predicted octanol–water partition coefficient (Wildman–Crippen LogP) is 2.99. The quantitative estimate of drug-likeness (QED) is 0.775. The number of rotatable bonds is 6. The van der Waals surface area contributed by atoms with Gasteiger partial charge in [0.2, 0.25) is 0 Å². The van der Waals surface area contributed by atoms with Gasteiger partial charge in [-0.25, -0.2) is 4.79 Å². The zero-order valence-electron chi connectivity index (χ0n) is 14.3. The number of benzene rings is 1. The highest BCUT2D eigenvalue weighted by Gasteiger charge is 2.37. The maximum absolute atomic E-state index is 12.4.